The summed E-state index contributed by atoms with van der Waals surface area (Å²) >= 11 is 0. The Labute approximate surface area is 91.2 Å². The quantitative estimate of drug-likeness (QED) is 0.726. The number of carbonyl (C=O) groups is 1. The van der Waals surface area contributed by atoms with Crippen molar-refractivity contribution in [1.82, 2.24) is 4.90 Å². The highest BCUT2D eigenvalue weighted by molar-refractivity contribution is 5.72. The molecule has 0 radical (unpaired) electrons. The molecule has 0 aliphatic carbocycles. The molecule has 4 heteroatoms. The molecule has 2 atom stereocenters. The van der Waals surface area contributed by atoms with Gasteiger partial charge in [0.1, 0.15) is 0 Å². The van der Waals surface area contributed by atoms with Gasteiger partial charge in [0.15, 0.2) is 6.10 Å². The molecule has 0 spiro atoms. The molecule has 1 aliphatic rings. The first kappa shape index (κ1) is 12.5. The van der Waals surface area contributed by atoms with E-state index in [4.69, 9.17) is 9.84 Å². The maximum absolute atomic E-state index is 10.9. The van der Waals surface area contributed by atoms with Crippen molar-refractivity contribution in [2.75, 3.05) is 19.7 Å². The maximum Gasteiger partial charge on any atom is 0.334 e. The van der Waals surface area contributed by atoms with Crippen molar-refractivity contribution in [2.24, 2.45) is 0 Å². The Morgan fingerprint density at radius 3 is 2.87 bits per heavy atom. The number of carboxylic acids is 1. The highest BCUT2D eigenvalue weighted by atomic mass is 16.5. The van der Waals surface area contributed by atoms with Gasteiger partial charge in [-0.3, -0.25) is 4.90 Å². The minimum atomic E-state index is -0.849. The highest BCUT2D eigenvalue weighted by Gasteiger charge is 2.28. The monoisotopic (exact) mass is 215 g/mol. The number of nitrogens with zero attached hydrogens (tertiary/aromatic N) is 1. The van der Waals surface area contributed by atoms with Gasteiger partial charge in [0.2, 0.25) is 0 Å². The Balaban J connectivity index is 2.46. The minimum absolute atomic E-state index is 0.460. The van der Waals surface area contributed by atoms with Crippen molar-refractivity contribution in [3.63, 3.8) is 0 Å². The van der Waals surface area contributed by atoms with Crippen molar-refractivity contribution in [3.05, 3.63) is 0 Å². The molecule has 15 heavy (non-hydrogen) atoms. The van der Waals surface area contributed by atoms with Crippen LogP contribution in [-0.2, 0) is 9.53 Å². The number of ether oxygens (including phenoxy) is 1. The zero-order valence-corrected chi connectivity index (χ0v) is 9.61. The van der Waals surface area contributed by atoms with E-state index in [1.54, 1.807) is 0 Å². The number of likely N-dealkylation sites (tertiary alicyclic amines) is 1. The Hall–Kier alpha value is -0.610. The van der Waals surface area contributed by atoms with Crippen molar-refractivity contribution >= 4 is 5.97 Å². The van der Waals surface area contributed by atoms with Gasteiger partial charge in [0.05, 0.1) is 0 Å². The van der Waals surface area contributed by atoms with E-state index in [1.807, 2.05) is 6.92 Å². The number of rotatable bonds is 6. The van der Waals surface area contributed by atoms with Gasteiger partial charge >= 0.3 is 5.97 Å². The van der Waals surface area contributed by atoms with Crippen LogP contribution in [0.2, 0.25) is 0 Å². The van der Waals surface area contributed by atoms with Crippen LogP contribution in [0.4, 0.5) is 0 Å². The van der Waals surface area contributed by atoms with Gasteiger partial charge in [-0.15, -0.1) is 0 Å². The van der Waals surface area contributed by atoms with E-state index in [1.165, 1.54) is 12.8 Å². The molecule has 0 bridgehead atoms. The van der Waals surface area contributed by atoms with E-state index in [-0.39, 0.29) is 0 Å². The lowest BCUT2D eigenvalue weighted by molar-refractivity contribution is -0.151. The third-order valence-corrected chi connectivity index (χ3v) is 3.01. The van der Waals surface area contributed by atoms with Crippen molar-refractivity contribution < 1.29 is 14.6 Å². The maximum atomic E-state index is 10.9. The van der Waals surface area contributed by atoms with Crippen LogP contribution in [0.5, 0.6) is 0 Å². The van der Waals surface area contributed by atoms with E-state index >= 15 is 0 Å². The highest BCUT2D eigenvalue weighted by Crippen LogP contribution is 2.20. The van der Waals surface area contributed by atoms with Gasteiger partial charge in [0.25, 0.3) is 0 Å². The standard InChI is InChI=1S/C11H21NO3/c1-3-9-6-5-7-12(9)8-10(11(13)14)15-4-2/h9-10H,3-8H2,1-2H3,(H,13,14). The minimum Gasteiger partial charge on any atom is -0.479 e. The smallest absolute Gasteiger partial charge is 0.334 e. The molecule has 0 aromatic carbocycles. The molecule has 2 unspecified atom stereocenters. The van der Waals surface area contributed by atoms with Gasteiger partial charge < -0.3 is 9.84 Å². The zero-order valence-electron chi connectivity index (χ0n) is 9.61. The second-order valence-corrected chi connectivity index (χ2v) is 3.98. The average molecular weight is 215 g/mol. The molecular weight excluding hydrogens is 194 g/mol. The zero-order chi connectivity index (χ0) is 11.3. The SMILES string of the molecule is CCOC(CN1CCCC1CC)C(=O)O. The lowest BCUT2D eigenvalue weighted by Crippen LogP contribution is -2.41. The molecule has 1 fully saturated rings. The molecule has 4 nitrogen and oxygen atoms in total. The average Bonchev–Trinajstić information content (AvgIpc) is 2.64. The van der Waals surface area contributed by atoms with Crippen LogP contribution in [-0.4, -0.2) is 47.8 Å². The Bertz CT molecular complexity index is 208. The van der Waals surface area contributed by atoms with E-state index < -0.39 is 12.1 Å². The molecule has 1 heterocycles. The lowest BCUT2D eigenvalue weighted by Gasteiger charge is -2.26. The van der Waals surface area contributed by atoms with Crippen molar-refractivity contribution in [3.8, 4) is 0 Å². The summed E-state index contributed by atoms with van der Waals surface area (Å²) < 4.78 is 5.22. The third-order valence-electron chi connectivity index (χ3n) is 3.01. The fourth-order valence-electron chi connectivity index (χ4n) is 2.21. The third kappa shape index (κ3) is 3.47. The molecule has 0 aromatic heterocycles. The second kappa shape index (κ2) is 6.08. The van der Waals surface area contributed by atoms with Crippen LogP contribution in [0, 0.1) is 0 Å². The molecule has 0 saturated carbocycles. The molecule has 88 valence electrons. The van der Waals surface area contributed by atoms with E-state index in [9.17, 15) is 4.79 Å². The van der Waals surface area contributed by atoms with Crippen LogP contribution < -0.4 is 0 Å². The Kier molecular flexibility index (Phi) is 5.05. The molecule has 0 aromatic rings. The fraction of sp³-hybridized carbons (Fsp3) is 0.909. The first-order valence-electron chi connectivity index (χ1n) is 5.77. The van der Waals surface area contributed by atoms with Crippen LogP contribution in [0.3, 0.4) is 0 Å². The first-order chi connectivity index (χ1) is 7.19. The molecule has 0 amide bonds. The largest absolute Gasteiger partial charge is 0.479 e. The second-order valence-electron chi connectivity index (χ2n) is 3.98. The van der Waals surface area contributed by atoms with Gasteiger partial charge in [-0.2, -0.15) is 0 Å². The van der Waals surface area contributed by atoms with Crippen molar-refractivity contribution in [1.29, 1.82) is 0 Å². The van der Waals surface area contributed by atoms with Gasteiger partial charge in [-0.05, 0) is 32.7 Å². The van der Waals surface area contributed by atoms with Crippen molar-refractivity contribution in [2.45, 2.75) is 45.3 Å². The van der Waals surface area contributed by atoms with Gasteiger partial charge in [-0.25, -0.2) is 4.79 Å². The predicted molar refractivity (Wildman–Crippen MR) is 57.9 cm³/mol. The first-order valence-corrected chi connectivity index (χ1v) is 5.77. The summed E-state index contributed by atoms with van der Waals surface area (Å²) in [4.78, 5) is 13.2. The summed E-state index contributed by atoms with van der Waals surface area (Å²) in [5.41, 5.74) is 0. The fourth-order valence-corrected chi connectivity index (χ4v) is 2.21. The van der Waals surface area contributed by atoms with Gasteiger partial charge in [0, 0.05) is 19.2 Å². The normalized spacial score (nSPS) is 24.3. The number of hydrogen-bond acceptors (Lipinski definition) is 3. The summed E-state index contributed by atoms with van der Waals surface area (Å²) in [6, 6.07) is 0.548. The Morgan fingerprint density at radius 2 is 2.33 bits per heavy atom. The summed E-state index contributed by atoms with van der Waals surface area (Å²) in [6.07, 6.45) is 2.80. The molecular formula is C11H21NO3. The van der Waals surface area contributed by atoms with Crippen LogP contribution in [0.1, 0.15) is 33.1 Å². The Morgan fingerprint density at radius 1 is 1.60 bits per heavy atom. The van der Waals surface area contributed by atoms with Crippen LogP contribution in [0.15, 0.2) is 0 Å². The number of aliphatic carboxylic acids is 1. The topological polar surface area (TPSA) is 49.8 Å². The van der Waals surface area contributed by atoms with E-state index in [0.717, 1.165) is 13.0 Å². The molecule has 1 N–H and O–H groups in total. The number of carboxylic acid groups (broad SMARTS) is 1. The summed E-state index contributed by atoms with van der Waals surface area (Å²) in [6.45, 7) is 5.98. The van der Waals surface area contributed by atoms with E-state index in [2.05, 4.69) is 11.8 Å². The lowest BCUT2D eigenvalue weighted by atomic mass is 10.1. The van der Waals surface area contributed by atoms with Gasteiger partial charge in [-0.1, -0.05) is 6.92 Å². The number of hydrogen-bond donors (Lipinski definition) is 1. The molecule has 1 aliphatic heterocycles. The predicted octanol–water partition coefficient (Wildman–Crippen LogP) is 1.35. The van der Waals surface area contributed by atoms with Crippen LogP contribution >= 0.6 is 0 Å². The molecule has 1 rings (SSSR count). The summed E-state index contributed by atoms with van der Waals surface area (Å²) in [7, 11) is 0. The van der Waals surface area contributed by atoms with Crippen LogP contribution in [0.25, 0.3) is 0 Å². The molecule has 1 saturated heterocycles. The summed E-state index contributed by atoms with van der Waals surface area (Å²) in [5, 5.41) is 8.97. The van der Waals surface area contributed by atoms with E-state index in [0.29, 0.717) is 19.2 Å². The summed E-state index contributed by atoms with van der Waals surface area (Å²) in [5.74, 6) is -0.849.